The number of ether oxygens (including phenoxy) is 1. The number of benzene rings is 1. The first-order chi connectivity index (χ1) is 9.92. The highest BCUT2D eigenvalue weighted by atomic mass is 127. The van der Waals surface area contributed by atoms with Gasteiger partial charge in [0.05, 0.1) is 10.2 Å². The topological polar surface area (TPSA) is 85.6 Å². The fourth-order valence-corrected chi connectivity index (χ4v) is 3.64. The fourth-order valence-electron chi connectivity index (χ4n) is 1.64. The molecule has 1 aromatic heterocycles. The Morgan fingerprint density at radius 2 is 2.00 bits per heavy atom. The number of carbonyl (C=O) groups is 2. The summed E-state index contributed by atoms with van der Waals surface area (Å²) in [6.45, 7) is 1.74. The lowest BCUT2D eigenvalue weighted by atomic mass is 10.2. The summed E-state index contributed by atoms with van der Waals surface area (Å²) in [6, 6.07) is 5.03. The van der Waals surface area contributed by atoms with E-state index in [0.717, 1.165) is 7.14 Å². The van der Waals surface area contributed by atoms with E-state index >= 15 is 0 Å². The van der Waals surface area contributed by atoms with Crippen LogP contribution in [0.3, 0.4) is 0 Å². The quantitative estimate of drug-likeness (QED) is 0.494. The molecule has 2 amide bonds. The van der Waals surface area contributed by atoms with Crippen molar-refractivity contribution in [3.8, 4) is 0 Å². The number of carbonyl (C=O) groups excluding carboxylic acids is 2. The van der Waals surface area contributed by atoms with Crippen molar-refractivity contribution in [2.24, 2.45) is 0 Å². The molecule has 21 heavy (non-hydrogen) atoms. The van der Waals surface area contributed by atoms with Gasteiger partial charge in [-0.15, -0.1) is 0 Å². The first-order valence-electron chi connectivity index (χ1n) is 5.83. The number of imide groups is 1. The second kappa shape index (κ2) is 6.73. The van der Waals surface area contributed by atoms with Crippen molar-refractivity contribution in [2.45, 2.75) is 6.92 Å². The van der Waals surface area contributed by atoms with E-state index in [4.69, 9.17) is 4.42 Å². The predicted molar refractivity (Wildman–Crippen MR) is 92.4 cm³/mol. The highest BCUT2D eigenvalue weighted by molar-refractivity contribution is 14.1. The van der Waals surface area contributed by atoms with Gasteiger partial charge in [0.15, 0.2) is 5.58 Å². The Hall–Kier alpha value is -1.17. The minimum atomic E-state index is -0.904. The molecule has 0 saturated carbocycles. The largest absolute Gasteiger partial charge is 0.450 e. The summed E-state index contributed by atoms with van der Waals surface area (Å²) in [5.74, 6) is -0.849. The molecule has 1 heterocycles. The van der Waals surface area contributed by atoms with Gasteiger partial charge in [-0.1, -0.05) is 0 Å². The van der Waals surface area contributed by atoms with Crippen LogP contribution < -0.4 is 10.9 Å². The van der Waals surface area contributed by atoms with Crippen LogP contribution in [0.2, 0.25) is 0 Å². The first-order valence-corrected chi connectivity index (χ1v) is 7.99. The zero-order chi connectivity index (χ0) is 15.6. The average molecular weight is 513 g/mol. The van der Waals surface area contributed by atoms with Gasteiger partial charge >= 0.3 is 11.7 Å². The van der Waals surface area contributed by atoms with Crippen LogP contribution in [-0.4, -0.2) is 18.6 Å². The summed E-state index contributed by atoms with van der Waals surface area (Å²) in [5.41, 5.74) is -0.634. The molecule has 110 valence electrons. The summed E-state index contributed by atoms with van der Waals surface area (Å²) < 4.78 is 11.5. The van der Waals surface area contributed by atoms with E-state index in [0.29, 0.717) is 11.0 Å². The van der Waals surface area contributed by atoms with Gasteiger partial charge < -0.3 is 9.15 Å². The first kappa shape index (κ1) is 16.2. The Kier molecular flexibility index (Phi) is 5.19. The monoisotopic (exact) mass is 513 g/mol. The van der Waals surface area contributed by atoms with Crippen molar-refractivity contribution in [1.29, 1.82) is 0 Å². The van der Waals surface area contributed by atoms with Gasteiger partial charge in [0.25, 0.3) is 5.91 Å². The molecule has 2 rings (SSSR count). The van der Waals surface area contributed by atoms with Gasteiger partial charge in [-0.2, -0.15) is 0 Å². The Labute approximate surface area is 146 Å². The average Bonchev–Trinajstić information content (AvgIpc) is 2.39. The van der Waals surface area contributed by atoms with E-state index in [1.807, 2.05) is 34.0 Å². The molecule has 0 unspecified atom stereocenters. The summed E-state index contributed by atoms with van der Waals surface area (Å²) >= 11 is 4.17. The standard InChI is InChI=1S/C13H9I2NO5/c1-2-20-13(19)16-11(17)8-4-6-3-7(14)5-9(15)10(6)21-12(8)18/h3-5H,2H2,1H3,(H,16,17,19). The van der Waals surface area contributed by atoms with Gasteiger partial charge in [-0.25, -0.2) is 9.59 Å². The highest BCUT2D eigenvalue weighted by Crippen LogP contribution is 2.23. The van der Waals surface area contributed by atoms with Crippen LogP contribution in [0.15, 0.2) is 27.4 Å². The van der Waals surface area contributed by atoms with Gasteiger partial charge in [-0.3, -0.25) is 10.1 Å². The van der Waals surface area contributed by atoms with Gasteiger partial charge in [0, 0.05) is 8.96 Å². The lowest BCUT2D eigenvalue weighted by molar-refractivity contribution is 0.0921. The second-order valence-electron chi connectivity index (χ2n) is 3.93. The van der Waals surface area contributed by atoms with Crippen molar-refractivity contribution >= 4 is 68.2 Å². The molecular weight excluding hydrogens is 504 g/mol. The molecule has 0 aliphatic heterocycles. The number of hydrogen-bond acceptors (Lipinski definition) is 5. The summed E-state index contributed by atoms with van der Waals surface area (Å²) in [4.78, 5) is 35.0. The normalized spacial score (nSPS) is 10.4. The fraction of sp³-hybridized carbons (Fsp3) is 0.154. The van der Waals surface area contributed by atoms with Gasteiger partial charge in [0.2, 0.25) is 0 Å². The molecule has 0 radical (unpaired) electrons. The van der Waals surface area contributed by atoms with E-state index in [9.17, 15) is 14.4 Å². The number of hydrogen-bond donors (Lipinski definition) is 1. The Morgan fingerprint density at radius 1 is 1.29 bits per heavy atom. The molecule has 0 fully saturated rings. The van der Waals surface area contributed by atoms with Crippen LogP contribution in [0.4, 0.5) is 4.79 Å². The molecule has 6 nitrogen and oxygen atoms in total. The third-order valence-corrected chi connectivity index (χ3v) is 3.91. The molecule has 0 aliphatic rings. The molecule has 8 heteroatoms. The number of rotatable bonds is 2. The van der Waals surface area contributed by atoms with Crippen LogP contribution in [0, 0.1) is 7.14 Å². The SMILES string of the molecule is CCOC(=O)NC(=O)c1cc2cc(I)cc(I)c2oc1=O. The molecular formula is C13H9I2NO5. The minimum Gasteiger partial charge on any atom is -0.450 e. The van der Waals surface area contributed by atoms with Crippen molar-refractivity contribution in [1.82, 2.24) is 5.32 Å². The van der Waals surface area contributed by atoms with Crippen molar-refractivity contribution in [2.75, 3.05) is 6.61 Å². The summed E-state index contributed by atoms with van der Waals surface area (Å²) in [5, 5.41) is 2.58. The van der Waals surface area contributed by atoms with E-state index in [1.165, 1.54) is 6.07 Å². The summed E-state index contributed by atoms with van der Waals surface area (Å²) in [7, 11) is 0. The van der Waals surface area contributed by atoms with Crippen LogP contribution in [-0.2, 0) is 4.74 Å². The highest BCUT2D eigenvalue weighted by Gasteiger charge is 2.17. The lowest BCUT2D eigenvalue weighted by Crippen LogP contribution is -2.34. The zero-order valence-electron chi connectivity index (χ0n) is 10.7. The van der Waals surface area contributed by atoms with Crippen LogP contribution in [0.5, 0.6) is 0 Å². The molecule has 2 aromatic rings. The number of halogens is 2. The molecule has 0 bridgehead atoms. The molecule has 0 spiro atoms. The van der Waals surface area contributed by atoms with Crippen LogP contribution in [0.25, 0.3) is 11.0 Å². The van der Waals surface area contributed by atoms with Gasteiger partial charge in [-0.05, 0) is 70.3 Å². The predicted octanol–water partition coefficient (Wildman–Crippen LogP) is 2.89. The summed E-state index contributed by atoms with van der Waals surface area (Å²) in [6.07, 6.45) is -0.904. The van der Waals surface area contributed by atoms with E-state index in [-0.39, 0.29) is 12.2 Å². The number of alkyl carbamates (subject to hydrolysis) is 1. The molecule has 0 atom stereocenters. The maximum Gasteiger partial charge on any atom is 0.414 e. The molecule has 0 aliphatic carbocycles. The van der Waals surface area contributed by atoms with E-state index in [1.54, 1.807) is 13.0 Å². The molecule has 1 N–H and O–H groups in total. The lowest BCUT2D eigenvalue weighted by Gasteiger charge is -2.05. The van der Waals surface area contributed by atoms with E-state index < -0.39 is 17.6 Å². The maximum atomic E-state index is 11.9. The van der Waals surface area contributed by atoms with Gasteiger partial charge in [0.1, 0.15) is 5.56 Å². The second-order valence-corrected chi connectivity index (χ2v) is 6.34. The zero-order valence-corrected chi connectivity index (χ0v) is 15.1. The Balaban J connectivity index is 2.45. The number of nitrogens with one attached hydrogen (secondary N) is 1. The Bertz CT molecular complexity index is 784. The van der Waals surface area contributed by atoms with Crippen LogP contribution in [0.1, 0.15) is 17.3 Å². The minimum absolute atomic E-state index is 0.127. The van der Waals surface area contributed by atoms with Crippen LogP contribution >= 0.6 is 45.2 Å². The van der Waals surface area contributed by atoms with Crippen molar-refractivity contribution in [3.05, 3.63) is 41.3 Å². The Morgan fingerprint density at radius 3 is 2.67 bits per heavy atom. The molecule has 0 saturated heterocycles. The maximum absolute atomic E-state index is 11.9. The van der Waals surface area contributed by atoms with Crippen molar-refractivity contribution < 1.29 is 18.7 Å². The number of amides is 2. The van der Waals surface area contributed by atoms with E-state index in [2.05, 4.69) is 27.3 Å². The van der Waals surface area contributed by atoms with Crippen molar-refractivity contribution in [3.63, 3.8) is 0 Å². The smallest absolute Gasteiger partial charge is 0.414 e. The third kappa shape index (κ3) is 3.73. The third-order valence-electron chi connectivity index (χ3n) is 2.49. The number of fused-ring (bicyclic) bond motifs is 1. The molecule has 1 aromatic carbocycles.